The van der Waals surface area contributed by atoms with Gasteiger partial charge in [0.2, 0.25) is 0 Å². The number of nitrogens with two attached hydrogens (primary N) is 1. The zero-order valence-corrected chi connectivity index (χ0v) is 9.83. The zero-order chi connectivity index (χ0) is 13.3. The van der Waals surface area contributed by atoms with Crippen LogP contribution in [0.3, 0.4) is 0 Å². The first-order valence-corrected chi connectivity index (χ1v) is 5.50. The molecule has 0 aliphatic carbocycles. The van der Waals surface area contributed by atoms with Crippen LogP contribution in [0.15, 0.2) is 27.4 Å². The Morgan fingerprint density at radius 1 is 1.56 bits per heavy atom. The van der Waals surface area contributed by atoms with Gasteiger partial charge < -0.3 is 10.2 Å². The van der Waals surface area contributed by atoms with E-state index in [1.165, 1.54) is 22.8 Å². The number of nitro groups is 1. The van der Waals surface area contributed by atoms with Crippen LogP contribution in [0.5, 0.6) is 0 Å². The van der Waals surface area contributed by atoms with Crippen molar-refractivity contribution in [2.45, 2.75) is 13.5 Å². The fourth-order valence-corrected chi connectivity index (χ4v) is 1.72. The number of fused-ring (bicyclic) bond motifs is 1. The maximum absolute atomic E-state index is 11.7. The van der Waals surface area contributed by atoms with Gasteiger partial charge in [0, 0.05) is 18.7 Å². The number of oxazole rings is 1. The van der Waals surface area contributed by atoms with E-state index in [0.29, 0.717) is 24.2 Å². The summed E-state index contributed by atoms with van der Waals surface area (Å²) in [5.74, 6) is -0.437. The quantitative estimate of drug-likeness (QED) is 0.647. The molecular formula is C11H13N3O4. The average molecular weight is 251 g/mol. The Kier molecular flexibility index (Phi) is 3.15. The van der Waals surface area contributed by atoms with Gasteiger partial charge in [-0.2, -0.15) is 0 Å². The molecule has 0 aliphatic rings. The topological polar surface area (TPSA) is 104 Å². The molecule has 0 radical (unpaired) electrons. The molecule has 96 valence electrons. The number of aromatic nitrogens is 1. The van der Waals surface area contributed by atoms with Crippen molar-refractivity contribution in [1.29, 1.82) is 0 Å². The van der Waals surface area contributed by atoms with E-state index in [9.17, 15) is 14.9 Å². The molecule has 0 saturated carbocycles. The standard InChI is InChI=1S/C11H13N3O4/c1-7(5-12)6-13-9-4-8(14(16)17)2-3-10(9)18-11(13)15/h2-4,7H,5-6,12H2,1H3. The molecule has 0 amide bonds. The van der Waals surface area contributed by atoms with Gasteiger partial charge in [-0.1, -0.05) is 6.92 Å². The second-order valence-corrected chi connectivity index (χ2v) is 4.23. The van der Waals surface area contributed by atoms with Crippen molar-refractivity contribution < 1.29 is 9.34 Å². The van der Waals surface area contributed by atoms with Gasteiger partial charge in [0.1, 0.15) is 0 Å². The van der Waals surface area contributed by atoms with Gasteiger partial charge in [0.15, 0.2) is 5.58 Å². The highest BCUT2D eigenvalue weighted by Gasteiger charge is 2.15. The molecule has 18 heavy (non-hydrogen) atoms. The van der Waals surface area contributed by atoms with Crippen molar-refractivity contribution in [3.63, 3.8) is 0 Å². The molecule has 2 N–H and O–H groups in total. The first kappa shape index (κ1) is 12.3. The molecule has 1 atom stereocenters. The number of rotatable bonds is 4. The van der Waals surface area contributed by atoms with Crippen molar-refractivity contribution in [3.05, 3.63) is 38.9 Å². The van der Waals surface area contributed by atoms with Gasteiger partial charge in [0.25, 0.3) is 5.69 Å². The number of benzene rings is 1. The summed E-state index contributed by atoms with van der Waals surface area (Å²) in [6, 6.07) is 4.07. The molecule has 1 aromatic carbocycles. The van der Waals surface area contributed by atoms with E-state index in [1.807, 2.05) is 6.92 Å². The third-order valence-corrected chi connectivity index (χ3v) is 2.76. The van der Waals surface area contributed by atoms with Crippen LogP contribution in [0.4, 0.5) is 5.69 Å². The lowest BCUT2D eigenvalue weighted by Gasteiger charge is -2.08. The maximum Gasteiger partial charge on any atom is 0.419 e. The number of hydrogen-bond donors (Lipinski definition) is 1. The van der Waals surface area contributed by atoms with E-state index in [-0.39, 0.29) is 11.6 Å². The molecular weight excluding hydrogens is 238 g/mol. The molecule has 2 rings (SSSR count). The summed E-state index contributed by atoms with van der Waals surface area (Å²) in [5, 5.41) is 10.7. The summed E-state index contributed by atoms with van der Waals surface area (Å²) in [4.78, 5) is 21.9. The van der Waals surface area contributed by atoms with Crippen molar-refractivity contribution in [1.82, 2.24) is 4.57 Å². The monoisotopic (exact) mass is 251 g/mol. The van der Waals surface area contributed by atoms with Crippen molar-refractivity contribution in [2.75, 3.05) is 6.54 Å². The Hall–Kier alpha value is -2.15. The molecule has 7 nitrogen and oxygen atoms in total. The minimum atomic E-state index is -0.522. The Morgan fingerprint density at radius 2 is 2.28 bits per heavy atom. The van der Waals surface area contributed by atoms with Gasteiger partial charge >= 0.3 is 5.76 Å². The van der Waals surface area contributed by atoms with Crippen LogP contribution < -0.4 is 11.5 Å². The summed E-state index contributed by atoms with van der Waals surface area (Å²) in [5.41, 5.74) is 6.20. The van der Waals surface area contributed by atoms with Crippen LogP contribution in [0.1, 0.15) is 6.92 Å². The van der Waals surface area contributed by atoms with Gasteiger partial charge in [0.05, 0.1) is 10.4 Å². The number of nitrogens with zero attached hydrogens (tertiary/aromatic N) is 2. The molecule has 0 aliphatic heterocycles. The Balaban J connectivity index is 2.57. The molecule has 2 aromatic rings. The van der Waals surface area contributed by atoms with Gasteiger partial charge in [-0.15, -0.1) is 0 Å². The molecule has 1 unspecified atom stereocenters. The lowest BCUT2D eigenvalue weighted by Crippen LogP contribution is -2.23. The van der Waals surface area contributed by atoms with Gasteiger partial charge in [-0.05, 0) is 18.5 Å². The van der Waals surface area contributed by atoms with Crippen molar-refractivity contribution in [3.8, 4) is 0 Å². The predicted octanol–water partition coefficient (Wildman–Crippen LogP) is 1.10. The Bertz CT molecular complexity index is 643. The minimum Gasteiger partial charge on any atom is -0.408 e. The highest BCUT2D eigenvalue weighted by Crippen LogP contribution is 2.20. The van der Waals surface area contributed by atoms with E-state index in [4.69, 9.17) is 10.2 Å². The van der Waals surface area contributed by atoms with Gasteiger partial charge in [-0.3, -0.25) is 14.7 Å². The normalized spacial score (nSPS) is 12.8. The lowest BCUT2D eigenvalue weighted by atomic mass is 10.2. The predicted molar refractivity (Wildman–Crippen MR) is 65.3 cm³/mol. The molecule has 0 fully saturated rings. The van der Waals surface area contributed by atoms with Gasteiger partial charge in [-0.25, -0.2) is 4.79 Å². The molecule has 1 heterocycles. The minimum absolute atomic E-state index is 0.0718. The average Bonchev–Trinajstić information content (AvgIpc) is 2.65. The fourth-order valence-electron chi connectivity index (χ4n) is 1.72. The zero-order valence-electron chi connectivity index (χ0n) is 9.83. The number of non-ortho nitro benzene ring substituents is 1. The van der Waals surface area contributed by atoms with E-state index in [0.717, 1.165) is 0 Å². The summed E-state index contributed by atoms with van der Waals surface area (Å²) in [6.07, 6.45) is 0. The van der Waals surface area contributed by atoms with E-state index < -0.39 is 10.7 Å². The second kappa shape index (κ2) is 4.61. The van der Waals surface area contributed by atoms with E-state index in [1.54, 1.807) is 0 Å². The lowest BCUT2D eigenvalue weighted by molar-refractivity contribution is -0.384. The third-order valence-electron chi connectivity index (χ3n) is 2.76. The summed E-state index contributed by atoms with van der Waals surface area (Å²) in [7, 11) is 0. The highest BCUT2D eigenvalue weighted by atomic mass is 16.6. The maximum atomic E-state index is 11.7. The Labute approximate surface area is 102 Å². The van der Waals surface area contributed by atoms with Crippen LogP contribution in [-0.2, 0) is 6.54 Å². The number of hydrogen-bond acceptors (Lipinski definition) is 5. The Morgan fingerprint density at radius 3 is 2.89 bits per heavy atom. The summed E-state index contributed by atoms with van der Waals surface area (Å²) in [6.45, 7) is 2.69. The molecule has 1 aromatic heterocycles. The van der Waals surface area contributed by atoms with Crippen LogP contribution in [0.25, 0.3) is 11.1 Å². The SMILES string of the molecule is CC(CN)Cn1c(=O)oc2ccc([N+](=O)[O-])cc21. The molecule has 7 heteroatoms. The molecule has 0 bridgehead atoms. The van der Waals surface area contributed by atoms with Crippen LogP contribution in [-0.4, -0.2) is 16.0 Å². The largest absolute Gasteiger partial charge is 0.419 e. The van der Waals surface area contributed by atoms with Crippen molar-refractivity contribution >= 4 is 16.8 Å². The van der Waals surface area contributed by atoms with E-state index in [2.05, 4.69) is 0 Å². The molecule has 0 saturated heterocycles. The smallest absolute Gasteiger partial charge is 0.408 e. The molecule has 0 spiro atoms. The summed E-state index contributed by atoms with van der Waals surface area (Å²) >= 11 is 0. The third kappa shape index (κ3) is 2.12. The number of nitro benzene ring substituents is 1. The summed E-state index contributed by atoms with van der Waals surface area (Å²) < 4.78 is 6.40. The van der Waals surface area contributed by atoms with Crippen molar-refractivity contribution in [2.24, 2.45) is 11.7 Å². The first-order chi connectivity index (χ1) is 8.52. The second-order valence-electron chi connectivity index (χ2n) is 4.23. The van der Waals surface area contributed by atoms with Crippen LogP contribution >= 0.6 is 0 Å². The van der Waals surface area contributed by atoms with Crippen LogP contribution in [0.2, 0.25) is 0 Å². The first-order valence-electron chi connectivity index (χ1n) is 5.50. The fraction of sp³-hybridized carbons (Fsp3) is 0.364. The van der Waals surface area contributed by atoms with Crippen LogP contribution in [0, 0.1) is 16.0 Å². The highest BCUT2D eigenvalue weighted by molar-refractivity contribution is 5.75. The van der Waals surface area contributed by atoms with E-state index >= 15 is 0 Å².